The van der Waals surface area contributed by atoms with E-state index in [2.05, 4.69) is 10.3 Å². The zero-order valence-corrected chi connectivity index (χ0v) is 17.9. The van der Waals surface area contributed by atoms with Crippen molar-refractivity contribution in [3.63, 3.8) is 0 Å². The molecule has 162 valence electrons. The number of aliphatic hydroxyl groups excluding tert-OH is 1. The molecule has 1 amide bonds. The van der Waals surface area contributed by atoms with Crippen LogP contribution in [0.25, 0.3) is 11.3 Å². The van der Waals surface area contributed by atoms with Gasteiger partial charge in [-0.3, -0.25) is 9.48 Å². The van der Waals surface area contributed by atoms with Crippen LogP contribution in [0.2, 0.25) is 5.02 Å². The molecule has 0 saturated heterocycles. The van der Waals surface area contributed by atoms with Gasteiger partial charge in [0.25, 0.3) is 5.91 Å². The van der Waals surface area contributed by atoms with Crippen molar-refractivity contribution in [1.82, 2.24) is 14.9 Å². The number of nitrogens with zero attached hydrogens (tertiary/aromatic N) is 4. The Labute approximate surface area is 183 Å². The minimum Gasteiger partial charge on any atom is -0.385 e. The lowest BCUT2D eigenvalue weighted by atomic mass is 9.93. The van der Waals surface area contributed by atoms with Gasteiger partial charge in [-0.25, -0.2) is 4.39 Å². The number of hydrogen-bond acceptors (Lipinski definition) is 6. The van der Waals surface area contributed by atoms with Crippen LogP contribution in [0.5, 0.6) is 0 Å². The number of nitriles is 1. The fraction of sp³-hybridized carbons (Fsp3) is 0.333. The topological polar surface area (TPSA) is 131 Å². The molecule has 0 radical (unpaired) electrons. The summed E-state index contributed by atoms with van der Waals surface area (Å²) in [6.07, 6.45) is 0.737. The molecular weight excluding hydrogens is 425 g/mol. The molecule has 1 aromatic carbocycles. The monoisotopic (exact) mass is 445 g/mol. The van der Waals surface area contributed by atoms with Crippen LogP contribution in [0.1, 0.15) is 60.2 Å². The summed E-state index contributed by atoms with van der Waals surface area (Å²) in [4.78, 5) is 11.8. The fourth-order valence-electron chi connectivity index (χ4n) is 3.30. The van der Waals surface area contributed by atoms with Crippen molar-refractivity contribution in [3.8, 4) is 17.3 Å². The molecule has 8 nitrogen and oxygen atoms in total. The maximum absolute atomic E-state index is 14.1. The van der Waals surface area contributed by atoms with E-state index in [1.54, 1.807) is 23.0 Å². The van der Waals surface area contributed by atoms with Gasteiger partial charge in [0.15, 0.2) is 11.5 Å². The van der Waals surface area contributed by atoms with Gasteiger partial charge in [-0.2, -0.15) is 10.4 Å². The van der Waals surface area contributed by atoms with E-state index in [-0.39, 0.29) is 33.9 Å². The highest BCUT2D eigenvalue weighted by molar-refractivity contribution is 6.32. The van der Waals surface area contributed by atoms with Gasteiger partial charge in [0, 0.05) is 29.8 Å². The van der Waals surface area contributed by atoms with Crippen LogP contribution < -0.4 is 5.73 Å². The number of primary amides is 1. The molecule has 3 N–H and O–H groups in total. The van der Waals surface area contributed by atoms with Crippen molar-refractivity contribution in [3.05, 3.63) is 57.8 Å². The zero-order chi connectivity index (χ0) is 22.9. The Morgan fingerprint density at radius 3 is 2.71 bits per heavy atom. The van der Waals surface area contributed by atoms with Gasteiger partial charge in [0.05, 0.1) is 10.7 Å². The SMILES string of the molecule is CC(C)C(O)c1onc(C(N)=O)c1[C@H](C)Cn1ccc(-c2cc(F)c(C#N)c(Cl)c2)n1. The smallest absolute Gasteiger partial charge is 0.271 e. The first kappa shape index (κ1) is 22.5. The standard InChI is InChI=1S/C21H21ClFN5O3/c1-10(2)19(29)20-17(18(21(25)30)27-31-20)11(3)9-28-5-4-16(26-28)12-6-14(22)13(8-24)15(23)7-12/h4-7,10-11,19,29H,9H2,1-3H3,(H2,25,30)/t11-,19?/m1/s1. The van der Waals surface area contributed by atoms with Gasteiger partial charge in [-0.15, -0.1) is 0 Å². The van der Waals surface area contributed by atoms with E-state index >= 15 is 0 Å². The molecule has 10 heteroatoms. The number of hydrogen-bond donors (Lipinski definition) is 2. The fourth-order valence-corrected chi connectivity index (χ4v) is 3.55. The second-order valence-electron chi connectivity index (χ2n) is 7.61. The lowest BCUT2D eigenvalue weighted by Gasteiger charge is -2.17. The minimum atomic E-state index is -0.949. The molecule has 1 unspecified atom stereocenters. The van der Waals surface area contributed by atoms with Crippen LogP contribution in [0.4, 0.5) is 4.39 Å². The van der Waals surface area contributed by atoms with E-state index in [0.29, 0.717) is 23.4 Å². The Kier molecular flexibility index (Phi) is 6.43. The summed E-state index contributed by atoms with van der Waals surface area (Å²) >= 11 is 5.98. The number of amides is 1. The number of carbonyl (C=O) groups excluding carboxylic acids is 1. The van der Waals surface area contributed by atoms with E-state index in [1.807, 2.05) is 20.8 Å². The molecule has 3 rings (SSSR count). The van der Waals surface area contributed by atoms with Gasteiger partial charge in [0.2, 0.25) is 0 Å². The van der Waals surface area contributed by atoms with Gasteiger partial charge in [-0.05, 0) is 24.1 Å². The van der Waals surface area contributed by atoms with E-state index < -0.39 is 17.8 Å². The molecule has 0 saturated carbocycles. The number of rotatable bonds is 7. The van der Waals surface area contributed by atoms with Crippen LogP contribution in [-0.4, -0.2) is 26.0 Å². The summed E-state index contributed by atoms with van der Waals surface area (Å²) in [7, 11) is 0. The Morgan fingerprint density at radius 2 is 2.13 bits per heavy atom. The number of benzene rings is 1. The predicted molar refractivity (Wildman–Crippen MR) is 111 cm³/mol. The molecule has 0 aliphatic heterocycles. The van der Waals surface area contributed by atoms with Crippen LogP contribution >= 0.6 is 11.6 Å². The molecule has 2 atom stereocenters. The number of nitrogens with two attached hydrogens (primary N) is 1. The van der Waals surface area contributed by atoms with Gasteiger partial charge >= 0.3 is 0 Å². The predicted octanol–water partition coefficient (Wildman–Crippen LogP) is 3.79. The minimum absolute atomic E-state index is 0.00306. The third-order valence-electron chi connectivity index (χ3n) is 4.93. The second-order valence-corrected chi connectivity index (χ2v) is 8.02. The van der Waals surface area contributed by atoms with E-state index in [9.17, 15) is 14.3 Å². The van der Waals surface area contributed by atoms with E-state index in [1.165, 1.54) is 12.1 Å². The Bertz CT molecular complexity index is 1140. The van der Waals surface area contributed by atoms with E-state index in [0.717, 1.165) is 0 Å². The summed E-state index contributed by atoms with van der Waals surface area (Å²) in [6, 6.07) is 6.07. The number of aliphatic hydroxyl groups is 1. The zero-order valence-electron chi connectivity index (χ0n) is 17.1. The largest absolute Gasteiger partial charge is 0.385 e. The normalized spacial score (nSPS) is 13.2. The van der Waals surface area contributed by atoms with Gasteiger partial charge in [-0.1, -0.05) is 37.5 Å². The third-order valence-corrected chi connectivity index (χ3v) is 5.23. The molecule has 2 heterocycles. The molecule has 0 aliphatic rings. The number of aromatic nitrogens is 3. The first-order valence-electron chi connectivity index (χ1n) is 9.54. The lowest BCUT2D eigenvalue weighted by molar-refractivity contribution is 0.0924. The van der Waals surface area contributed by atoms with Crippen molar-refractivity contribution in [2.45, 2.75) is 39.3 Å². The highest BCUT2D eigenvalue weighted by Gasteiger charge is 2.30. The molecule has 0 spiro atoms. The summed E-state index contributed by atoms with van der Waals surface area (Å²) in [5, 5.41) is 27.6. The first-order chi connectivity index (χ1) is 14.6. The van der Waals surface area contributed by atoms with Crippen molar-refractivity contribution in [2.24, 2.45) is 11.7 Å². The highest BCUT2D eigenvalue weighted by atomic mass is 35.5. The van der Waals surface area contributed by atoms with Crippen LogP contribution in [-0.2, 0) is 6.54 Å². The average molecular weight is 446 g/mol. The first-order valence-corrected chi connectivity index (χ1v) is 9.92. The van der Waals surface area contributed by atoms with Crippen molar-refractivity contribution in [1.29, 1.82) is 5.26 Å². The summed E-state index contributed by atoms with van der Waals surface area (Å²) < 4.78 is 20.9. The molecule has 0 bridgehead atoms. The second kappa shape index (κ2) is 8.88. The van der Waals surface area contributed by atoms with E-state index in [4.69, 9.17) is 27.1 Å². The van der Waals surface area contributed by atoms with Crippen LogP contribution in [0.15, 0.2) is 28.9 Å². The van der Waals surface area contributed by atoms with Crippen LogP contribution in [0, 0.1) is 23.1 Å². The molecular formula is C21H21ClFN5O3. The number of carbonyl (C=O) groups is 1. The lowest BCUT2D eigenvalue weighted by Crippen LogP contribution is -2.18. The maximum Gasteiger partial charge on any atom is 0.271 e. The molecule has 2 aromatic heterocycles. The Morgan fingerprint density at radius 1 is 1.42 bits per heavy atom. The van der Waals surface area contributed by atoms with Crippen molar-refractivity contribution in [2.75, 3.05) is 0 Å². The Hall–Kier alpha value is -3.22. The number of halogens is 2. The maximum atomic E-state index is 14.1. The van der Waals surface area contributed by atoms with Crippen molar-refractivity contribution >= 4 is 17.5 Å². The quantitative estimate of drug-likeness (QED) is 0.568. The third kappa shape index (κ3) is 4.45. The molecule has 3 aromatic rings. The summed E-state index contributed by atoms with van der Waals surface area (Å²) in [6.45, 7) is 5.77. The molecule has 0 aliphatic carbocycles. The van der Waals surface area contributed by atoms with Crippen molar-refractivity contribution < 1.29 is 18.8 Å². The molecule has 31 heavy (non-hydrogen) atoms. The Balaban J connectivity index is 1.91. The summed E-state index contributed by atoms with van der Waals surface area (Å²) in [5.41, 5.74) is 6.49. The van der Waals surface area contributed by atoms with Crippen LogP contribution in [0.3, 0.4) is 0 Å². The van der Waals surface area contributed by atoms with Gasteiger partial charge in [0.1, 0.15) is 23.6 Å². The highest BCUT2D eigenvalue weighted by Crippen LogP contribution is 2.33. The molecule has 0 fully saturated rings. The average Bonchev–Trinajstić information content (AvgIpc) is 3.34. The van der Waals surface area contributed by atoms with Gasteiger partial charge < -0.3 is 15.4 Å². The summed E-state index contributed by atoms with van der Waals surface area (Å²) in [5.74, 6) is -1.77.